The molecule has 0 aromatic heterocycles. The second kappa shape index (κ2) is 9.08. The molecule has 1 aliphatic heterocycles. The summed E-state index contributed by atoms with van der Waals surface area (Å²) in [6.07, 6.45) is 3.56. The molecule has 0 unspecified atom stereocenters. The van der Waals surface area contributed by atoms with Gasteiger partial charge >= 0.3 is 0 Å². The predicted octanol–water partition coefficient (Wildman–Crippen LogP) is 3.81. The topological polar surface area (TPSA) is 69.7 Å². The summed E-state index contributed by atoms with van der Waals surface area (Å²) in [7, 11) is -2.01. The first-order valence-corrected chi connectivity index (χ1v) is 12.2. The summed E-state index contributed by atoms with van der Waals surface area (Å²) >= 11 is 0. The van der Waals surface area contributed by atoms with E-state index in [1.54, 1.807) is 24.3 Å². The minimum atomic E-state index is -3.46. The fraction of sp³-hybridized carbons (Fsp3) is 0.435. The number of carbonyl (C=O) groups excluding carboxylic acids is 1. The van der Waals surface area contributed by atoms with Crippen LogP contribution in [-0.2, 0) is 10.0 Å². The van der Waals surface area contributed by atoms with Gasteiger partial charge in [-0.1, -0.05) is 31.2 Å². The van der Waals surface area contributed by atoms with Gasteiger partial charge < -0.3 is 10.2 Å². The number of hydrogen-bond acceptors (Lipinski definition) is 4. The number of anilines is 2. The van der Waals surface area contributed by atoms with Crippen molar-refractivity contribution in [3.63, 3.8) is 0 Å². The van der Waals surface area contributed by atoms with Crippen LogP contribution in [0.25, 0.3) is 0 Å². The van der Waals surface area contributed by atoms with Crippen molar-refractivity contribution in [3.8, 4) is 0 Å². The minimum Gasteiger partial charge on any atom is -0.372 e. The number of rotatable bonds is 6. The molecule has 162 valence electrons. The maximum absolute atomic E-state index is 12.9. The first-order valence-electron chi connectivity index (χ1n) is 10.4. The molecule has 1 saturated heterocycles. The number of hydrogen-bond donors (Lipinski definition) is 1. The number of carbonyl (C=O) groups is 1. The van der Waals surface area contributed by atoms with Crippen LogP contribution in [0.1, 0.15) is 48.7 Å². The Morgan fingerprint density at radius 1 is 1.10 bits per heavy atom. The lowest BCUT2D eigenvalue weighted by atomic mass is 9.98. The van der Waals surface area contributed by atoms with Crippen LogP contribution in [0.5, 0.6) is 0 Å². The molecule has 1 heterocycles. The number of para-hydroxylation sites is 1. The first-order chi connectivity index (χ1) is 14.2. The van der Waals surface area contributed by atoms with Gasteiger partial charge in [0.15, 0.2) is 0 Å². The van der Waals surface area contributed by atoms with Gasteiger partial charge in [0.1, 0.15) is 0 Å². The van der Waals surface area contributed by atoms with E-state index in [2.05, 4.69) is 29.3 Å². The molecule has 1 fully saturated rings. The molecule has 6 nitrogen and oxygen atoms in total. The Bertz CT molecular complexity index is 981. The first kappa shape index (κ1) is 22.2. The Morgan fingerprint density at radius 2 is 1.70 bits per heavy atom. The molecule has 2 aromatic carbocycles. The van der Waals surface area contributed by atoms with E-state index < -0.39 is 10.0 Å². The maximum atomic E-state index is 12.9. The molecule has 0 saturated carbocycles. The van der Waals surface area contributed by atoms with Crippen molar-refractivity contribution in [1.82, 2.24) is 5.32 Å². The standard InChI is InChI=1S/C23H31N3O3S/c1-17-13-15-26(16-14-17)20-11-9-19(10-12-20)18(2)24-23(27)21-7-5-6-8-22(21)25(3)30(4,28)29/h5-12,17-18H,13-16H2,1-4H3,(H,24,27)/t18-/m1/s1. The Kier molecular flexibility index (Phi) is 6.71. The van der Waals surface area contributed by atoms with Gasteiger partial charge in [-0.2, -0.15) is 0 Å². The average molecular weight is 430 g/mol. The van der Waals surface area contributed by atoms with E-state index in [4.69, 9.17) is 0 Å². The number of amides is 1. The van der Waals surface area contributed by atoms with Gasteiger partial charge in [-0.05, 0) is 55.5 Å². The Labute approximate surface area is 179 Å². The molecule has 0 bridgehead atoms. The van der Waals surface area contributed by atoms with Gasteiger partial charge in [-0.3, -0.25) is 9.10 Å². The van der Waals surface area contributed by atoms with Gasteiger partial charge in [0.05, 0.1) is 23.5 Å². The molecule has 0 aliphatic carbocycles. The van der Waals surface area contributed by atoms with Crippen molar-refractivity contribution in [2.24, 2.45) is 5.92 Å². The summed E-state index contributed by atoms with van der Waals surface area (Å²) in [6, 6.07) is 14.8. The Morgan fingerprint density at radius 3 is 2.30 bits per heavy atom. The van der Waals surface area contributed by atoms with Gasteiger partial charge in [0.25, 0.3) is 5.91 Å². The van der Waals surface area contributed by atoms with Crippen molar-refractivity contribution >= 4 is 27.3 Å². The highest BCUT2D eigenvalue weighted by Crippen LogP contribution is 2.26. The summed E-state index contributed by atoms with van der Waals surface area (Å²) in [5.74, 6) is 0.489. The van der Waals surface area contributed by atoms with Gasteiger partial charge in [0, 0.05) is 25.8 Å². The normalized spacial score (nSPS) is 16.2. The molecule has 30 heavy (non-hydrogen) atoms. The van der Waals surface area contributed by atoms with Crippen LogP contribution in [0.15, 0.2) is 48.5 Å². The van der Waals surface area contributed by atoms with Gasteiger partial charge in [0.2, 0.25) is 10.0 Å². The van der Waals surface area contributed by atoms with Gasteiger partial charge in [-0.15, -0.1) is 0 Å². The lowest BCUT2D eigenvalue weighted by molar-refractivity contribution is 0.0940. The minimum absolute atomic E-state index is 0.204. The SMILES string of the molecule is CC1CCN(c2ccc([C@@H](C)NC(=O)c3ccccc3N(C)S(C)(=O)=O)cc2)CC1. The monoisotopic (exact) mass is 429 g/mol. The third-order valence-corrected chi connectivity index (χ3v) is 7.07. The fourth-order valence-electron chi connectivity index (χ4n) is 3.72. The van der Waals surface area contributed by atoms with Crippen molar-refractivity contribution in [2.45, 2.75) is 32.7 Å². The smallest absolute Gasteiger partial charge is 0.253 e. The van der Waals surface area contributed by atoms with Gasteiger partial charge in [-0.25, -0.2) is 8.42 Å². The molecule has 1 amide bonds. The highest BCUT2D eigenvalue weighted by Gasteiger charge is 2.21. The average Bonchev–Trinajstić information content (AvgIpc) is 2.73. The largest absolute Gasteiger partial charge is 0.372 e. The van der Waals surface area contributed by atoms with Crippen LogP contribution < -0.4 is 14.5 Å². The number of benzene rings is 2. The van der Waals surface area contributed by atoms with Crippen LogP contribution in [0, 0.1) is 5.92 Å². The zero-order valence-corrected chi connectivity index (χ0v) is 18.9. The van der Waals surface area contributed by atoms with Crippen LogP contribution in [0.3, 0.4) is 0 Å². The molecule has 0 radical (unpaired) electrons. The molecule has 3 rings (SSSR count). The summed E-state index contributed by atoms with van der Waals surface area (Å²) < 4.78 is 25.0. The zero-order chi connectivity index (χ0) is 21.9. The quantitative estimate of drug-likeness (QED) is 0.758. The lowest BCUT2D eigenvalue weighted by Crippen LogP contribution is -2.33. The summed E-state index contributed by atoms with van der Waals surface area (Å²) in [4.78, 5) is 15.3. The van der Waals surface area contributed by atoms with E-state index in [9.17, 15) is 13.2 Å². The van der Waals surface area contributed by atoms with E-state index in [1.165, 1.54) is 25.6 Å². The van der Waals surface area contributed by atoms with E-state index in [1.807, 2.05) is 19.1 Å². The molecule has 0 spiro atoms. The second-order valence-electron chi connectivity index (χ2n) is 8.20. The zero-order valence-electron chi connectivity index (χ0n) is 18.1. The number of nitrogens with one attached hydrogen (secondary N) is 1. The predicted molar refractivity (Wildman–Crippen MR) is 123 cm³/mol. The van der Waals surface area contributed by atoms with Crippen LogP contribution >= 0.6 is 0 Å². The fourth-order valence-corrected chi connectivity index (χ4v) is 4.23. The summed E-state index contributed by atoms with van der Waals surface area (Å²) in [5.41, 5.74) is 2.91. The Hall–Kier alpha value is -2.54. The highest BCUT2D eigenvalue weighted by molar-refractivity contribution is 7.92. The Balaban J connectivity index is 1.71. The van der Waals surface area contributed by atoms with Crippen molar-refractivity contribution in [1.29, 1.82) is 0 Å². The molecule has 1 N–H and O–H groups in total. The molecule has 7 heteroatoms. The van der Waals surface area contributed by atoms with E-state index in [0.29, 0.717) is 11.3 Å². The second-order valence-corrected chi connectivity index (χ2v) is 10.2. The number of sulfonamides is 1. The maximum Gasteiger partial charge on any atom is 0.253 e. The molecule has 1 atom stereocenters. The van der Waals surface area contributed by atoms with Crippen LogP contribution in [0.4, 0.5) is 11.4 Å². The summed E-state index contributed by atoms with van der Waals surface area (Å²) in [5, 5.41) is 2.99. The molecule has 2 aromatic rings. The van der Waals surface area contributed by atoms with Crippen LogP contribution in [-0.4, -0.2) is 40.7 Å². The number of piperidine rings is 1. The highest BCUT2D eigenvalue weighted by atomic mass is 32.2. The molecular formula is C23H31N3O3S. The molecule has 1 aliphatic rings. The van der Waals surface area contributed by atoms with Crippen LogP contribution in [0.2, 0.25) is 0 Å². The van der Waals surface area contributed by atoms with E-state index >= 15 is 0 Å². The third kappa shape index (κ3) is 5.14. The third-order valence-electron chi connectivity index (χ3n) is 5.87. The summed E-state index contributed by atoms with van der Waals surface area (Å²) in [6.45, 7) is 6.39. The molecular weight excluding hydrogens is 398 g/mol. The van der Waals surface area contributed by atoms with Crippen molar-refractivity contribution < 1.29 is 13.2 Å². The number of nitrogens with zero attached hydrogens (tertiary/aromatic N) is 2. The lowest BCUT2D eigenvalue weighted by Gasteiger charge is -2.32. The van der Waals surface area contributed by atoms with E-state index in [-0.39, 0.29) is 11.9 Å². The van der Waals surface area contributed by atoms with Crippen molar-refractivity contribution in [3.05, 3.63) is 59.7 Å². The van der Waals surface area contributed by atoms with E-state index in [0.717, 1.165) is 35.1 Å². The van der Waals surface area contributed by atoms with Crippen molar-refractivity contribution in [2.75, 3.05) is 35.6 Å².